The number of benzene rings is 1. The number of likely N-dealkylation sites (tertiary alicyclic amines) is 1. The van der Waals surface area contributed by atoms with Crippen molar-refractivity contribution in [3.8, 4) is 5.75 Å². The molecule has 1 amide bonds. The fraction of sp³-hybridized carbons (Fsp3) is 0.333. The number of halogens is 1. The fourth-order valence-electron chi connectivity index (χ4n) is 3.09. The minimum absolute atomic E-state index is 0.0617. The first-order valence-corrected chi connectivity index (χ1v) is 8.47. The van der Waals surface area contributed by atoms with E-state index in [0.717, 1.165) is 6.07 Å². The molecule has 0 bridgehead atoms. The number of amides is 1. The molecule has 3 rings (SSSR count). The van der Waals surface area contributed by atoms with Crippen molar-refractivity contribution >= 4 is 17.3 Å². The van der Waals surface area contributed by atoms with Gasteiger partial charge in [-0.1, -0.05) is 0 Å². The third kappa shape index (κ3) is 4.13. The maximum Gasteiger partial charge on any atom is 0.295 e. The number of nitrogens with zero attached hydrogens (tertiary/aromatic N) is 3. The van der Waals surface area contributed by atoms with E-state index >= 15 is 0 Å². The van der Waals surface area contributed by atoms with Crippen LogP contribution in [0.1, 0.15) is 23.2 Å². The van der Waals surface area contributed by atoms with Crippen LogP contribution in [0.15, 0.2) is 36.7 Å². The maximum absolute atomic E-state index is 13.8. The molecular weight excluding hydrogens is 355 g/mol. The predicted molar refractivity (Wildman–Crippen MR) is 96.4 cm³/mol. The normalized spacial score (nSPS) is 14.7. The Labute approximate surface area is 155 Å². The van der Waals surface area contributed by atoms with Crippen LogP contribution in [-0.4, -0.2) is 47.0 Å². The number of hydrogen-bond acceptors (Lipinski definition) is 6. The van der Waals surface area contributed by atoms with Crippen molar-refractivity contribution in [2.75, 3.05) is 25.5 Å². The summed E-state index contributed by atoms with van der Waals surface area (Å²) in [7, 11) is 1.30. The van der Waals surface area contributed by atoms with E-state index in [2.05, 4.69) is 10.3 Å². The average Bonchev–Trinajstić information content (AvgIpc) is 2.69. The van der Waals surface area contributed by atoms with Gasteiger partial charge >= 0.3 is 0 Å². The molecule has 0 atom stereocenters. The van der Waals surface area contributed by atoms with Gasteiger partial charge in [0.1, 0.15) is 5.69 Å². The molecule has 0 saturated carbocycles. The van der Waals surface area contributed by atoms with Gasteiger partial charge in [-0.15, -0.1) is 0 Å². The van der Waals surface area contributed by atoms with Crippen molar-refractivity contribution in [3.05, 3.63) is 58.2 Å². The molecule has 142 valence electrons. The van der Waals surface area contributed by atoms with Gasteiger partial charge in [0.15, 0.2) is 11.6 Å². The van der Waals surface area contributed by atoms with Crippen molar-refractivity contribution < 1.29 is 18.8 Å². The molecule has 1 aromatic carbocycles. The van der Waals surface area contributed by atoms with E-state index in [1.165, 1.54) is 13.2 Å². The third-order valence-corrected chi connectivity index (χ3v) is 4.54. The van der Waals surface area contributed by atoms with Gasteiger partial charge in [-0.25, -0.2) is 4.39 Å². The number of nitrogens with one attached hydrogen (secondary N) is 1. The number of nitro groups is 1. The number of aromatic nitrogens is 1. The Morgan fingerprint density at radius 1 is 1.33 bits per heavy atom. The number of pyridine rings is 1. The molecule has 2 aromatic rings. The highest BCUT2D eigenvalue weighted by Gasteiger charge is 2.26. The number of hydrogen-bond donors (Lipinski definition) is 1. The van der Waals surface area contributed by atoms with Crippen LogP contribution in [0.4, 0.5) is 15.8 Å². The summed E-state index contributed by atoms with van der Waals surface area (Å²) in [4.78, 5) is 28.7. The molecule has 1 aliphatic rings. The summed E-state index contributed by atoms with van der Waals surface area (Å²) in [5.41, 5.74) is 0.441. The molecule has 1 aliphatic heterocycles. The van der Waals surface area contributed by atoms with Gasteiger partial charge in [0.2, 0.25) is 0 Å². The molecule has 1 N–H and O–H groups in total. The number of nitro benzene ring substituents is 1. The van der Waals surface area contributed by atoms with Gasteiger partial charge in [-0.3, -0.25) is 19.9 Å². The number of carbonyl (C=O) groups is 1. The standard InChI is InChI=1S/C18H19FN4O4/c1-27-17-11-15(16(23(25)26)10-14(17)19)21-13-4-8-22(9-5-13)18(24)12-2-6-20-7-3-12/h2-3,6-7,10-11,13,21H,4-5,8-9H2,1H3. The number of anilines is 1. The SMILES string of the molecule is COc1cc(NC2CCN(C(=O)c3ccncc3)CC2)c([N+](=O)[O-])cc1F. The molecule has 1 aromatic heterocycles. The summed E-state index contributed by atoms with van der Waals surface area (Å²) in [6, 6.07) is 5.41. The molecule has 8 nitrogen and oxygen atoms in total. The van der Waals surface area contributed by atoms with Crippen LogP contribution >= 0.6 is 0 Å². The first kappa shape index (κ1) is 18.6. The minimum Gasteiger partial charge on any atom is -0.494 e. The lowest BCUT2D eigenvalue weighted by Gasteiger charge is -2.33. The summed E-state index contributed by atoms with van der Waals surface area (Å²) < 4.78 is 18.7. The van der Waals surface area contributed by atoms with Crippen LogP contribution in [0.25, 0.3) is 0 Å². The zero-order valence-electron chi connectivity index (χ0n) is 14.7. The second-order valence-electron chi connectivity index (χ2n) is 6.21. The highest BCUT2D eigenvalue weighted by atomic mass is 19.1. The Morgan fingerprint density at radius 2 is 2.00 bits per heavy atom. The Bertz CT molecular complexity index is 839. The van der Waals surface area contributed by atoms with E-state index in [4.69, 9.17) is 4.74 Å². The topological polar surface area (TPSA) is 97.6 Å². The van der Waals surface area contributed by atoms with Crippen LogP contribution in [0.3, 0.4) is 0 Å². The van der Waals surface area contributed by atoms with Crippen LogP contribution in [0, 0.1) is 15.9 Å². The summed E-state index contributed by atoms with van der Waals surface area (Å²) in [6.45, 7) is 1.04. The molecule has 1 saturated heterocycles. The molecule has 0 radical (unpaired) electrons. The van der Waals surface area contributed by atoms with E-state index in [1.54, 1.807) is 29.4 Å². The van der Waals surface area contributed by atoms with E-state index in [1.807, 2.05) is 0 Å². The van der Waals surface area contributed by atoms with Crippen LogP contribution in [0.5, 0.6) is 5.75 Å². The van der Waals surface area contributed by atoms with E-state index < -0.39 is 10.7 Å². The summed E-state index contributed by atoms with van der Waals surface area (Å²) in [5, 5.41) is 14.3. The van der Waals surface area contributed by atoms with Crippen molar-refractivity contribution in [2.24, 2.45) is 0 Å². The molecule has 1 fully saturated rings. The summed E-state index contributed by atoms with van der Waals surface area (Å²) in [5.74, 6) is -0.911. The third-order valence-electron chi connectivity index (χ3n) is 4.54. The number of rotatable bonds is 5. The van der Waals surface area contributed by atoms with Crippen LogP contribution in [-0.2, 0) is 0 Å². The van der Waals surface area contributed by atoms with Crippen LogP contribution in [0.2, 0.25) is 0 Å². The molecule has 0 aliphatic carbocycles. The molecule has 0 unspecified atom stereocenters. The largest absolute Gasteiger partial charge is 0.494 e. The van der Waals surface area contributed by atoms with E-state index in [0.29, 0.717) is 31.5 Å². The number of carbonyl (C=O) groups excluding carboxylic acids is 1. The smallest absolute Gasteiger partial charge is 0.295 e. The van der Waals surface area contributed by atoms with Gasteiger partial charge in [0.25, 0.3) is 11.6 Å². The number of methoxy groups -OCH3 is 1. The predicted octanol–water partition coefficient (Wildman–Crippen LogP) is 2.85. The zero-order valence-corrected chi connectivity index (χ0v) is 14.7. The average molecular weight is 374 g/mol. The number of piperidine rings is 1. The van der Waals surface area contributed by atoms with Crippen molar-refractivity contribution in [2.45, 2.75) is 18.9 Å². The maximum atomic E-state index is 13.8. The summed E-state index contributed by atoms with van der Waals surface area (Å²) >= 11 is 0. The lowest BCUT2D eigenvalue weighted by molar-refractivity contribution is -0.384. The summed E-state index contributed by atoms with van der Waals surface area (Å²) in [6.07, 6.45) is 4.38. The van der Waals surface area contributed by atoms with Gasteiger partial charge in [-0.2, -0.15) is 0 Å². The monoisotopic (exact) mass is 374 g/mol. The highest BCUT2D eigenvalue weighted by Crippen LogP contribution is 2.33. The molecule has 2 heterocycles. The van der Waals surface area contributed by atoms with Crippen molar-refractivity contribution in [3.63, 3.8) is 0 Å². The minimum atomic E-state index is -0.785. The molecule has 9 heteroatoms. The molecule has 27 heavy (non-hydrogen) atoms. The Balaban J connectivity index is 1.67. The zero-order chi connectivity index (χ0) is 19.4. The molecular formula is C18H19FN4O4. The second kappa shape index (κ2) is 7.98. The Hall–Kier alpha value is -3.23. The van der Waals surface area contributed by atoms with Gasteiger partial charge < -0.3 is 15.0 Å². The van der Waals surface area contributed by atoms with Gasteiger partial charge in [0.05, 0.1) is 18.1 Å². The second-order valence-corrected chi connectivity index (χ2v) is 6.21. The van der Waals surface area contributed by atoms with Gasteiger partial charge in [-0.05, 0) is 25.0 Å². The Morgan fingerprint density at radius 3 is 2.59 bits per heavy atom. The Kier molecular flexibility index (Phi) is 5.49. The van der Waals surface area contributed by atoms with Crippen molar-refractivity contribution in [1.82, 2.24) is 9.88 Å². The first-order valence-electron chi connectivity index (χ1n) is 8.47. The van der Waals surface area contributed by atoms with Crippen molar-refractivity contribution in [1.29, 1.82) is 0 Å². The number of ether oxygens (including phenoxy) is 1. The molecule has 0 spiro atoms. The fourth-order valence-corrected chi connectivity index (χ4v) is 3.09. The quantitative estimate of drug-likeness (QED) is 0.638. The van der Waals surface area contributed by atoms with E-state index in [9.17, 15) is 19.3 Å². The van der Waals surface area contributed by atoms with Crippen LogP contribution < -0.4 is 10.1 Å². The van der Waals surface area contributed by atoms with Gasteiger partial charge in [0, 0.05) is 43.2 Å². The lowest BCUT2D eigenvalue weighted by atomic mass is 10.0. The lowest BCUT2D eigenvalue weighted by Crippen LogP contribution is -2.42. The highest BCUT2D eigenvalue weighted by molar-refractivity contribution is 5.94. The van der Waals surface area contributed by atoms with E-state index in [-0.39, 0.29) is 29.1 Å². The first-order chi connectivity index (χ1) is 13.0.